The third kappa shape index (κ3) is 3.91. The van der Waals surface area contributed by atoms with Gasteiger partial charge < -0.3 is 9.64 Å². The second kappa shape index (κ2) is 7.02. The summed E-state index contributed by atoms with van der Waals surface area (Å²) >= 11 is 9.57. The highest BCUT2D eigenvalue weighted by Gasteiger charge is 2.09. The van der Waals surface area contributed by atoms with Gasteiger partial charge in [0.05, 0.1) is 0 Å². The normalized spacial score (nSPS) is 10.6. The minimum Gasteiger partial charge on any atom is -0.377 e. The molecule has 1 aromatic heterocycles. The molecule has 0 spiro atoms. The molecule has 1 aromatic carbocycles. The Morgan fingerprint density at radius 2 is 2.05 bits per heavy atom. The van der Waals surface area contributed by atoms with Gasteiger partial charge in [-0.05, 0) is 11.6 Å². The first-order valence-corrected chi connectivity index (χ1v) is 7.24. The highest BCUT2D eigenvalue weighted by atomic mass is 79.9. The molecule has 0 unspecified atom stereocenters. The molecule has 0 aliphatic heterocycles. The lowest BCUT2D eigenvalue weighted by molar-refractivity contribution is 0.178. The Balaban J connectivity index is 2.20. The Morgan fingerprint density at radius 1 is 1.30 bits per heavy atom. The summed E-state index contributed by atoms with van der Waals surface area (Å²) in [6, 6.07) is 9.84. The van der Waals surface area contributed by atoms with Gasteiger partial charge in [-0.3, -0.25) is 0 Å². The minimum absolute atomic E-state index is 0.344. The first-order valence-electron chi connectivity index (χ1n) is 6.07. The molecule has 6 heteroatoms. The van der Waals surface area contributed by atoms with Crippen molar-refractivity contribution in [3.05, 3.63) is 51.3 Å². The molecule has 0 saturated heterocycles. The zero-order valence-corrected chi connectivity index (χ0v) is 13.6. The van der Waals surface area contributed by atoms with E-state index in [1.165, 1.54) is 5.56 Å². The third-order valence-corrected chi connectivity index (χ3v) is 3.72. The van der Waals surface area contributed by atoms with Crippen molar-refractivity contribution in [2.75, 3.05) is 19.1 Å². The summed E-state index contributed by atoms with van der Waals surface area (Å²) in [5.74, 6) is 1.35. The summed E-state index contributed by atoms with van der Waals surface area (Å²) < 4.78 is 6.12. The molecule has 4 nitrogen and oxygen atoms in total. The van der Waals surface area contributed by atoms with E-state index in [0.29, 0.717) is 17.6 Å². The Bertz CT molecular complexity index is 594. The van der Waals surface area contributed by atoms with E-state index in [1.54, 1.807) is 13.2 Å². The fraction of sp³-hybridized carbons (Fsp3) is 0.286. The van der Waals surface area contributed by atoms with Crippen LogP contribution in [0.2, 0.25) is 5.15 Å². The Kier molecular flexibility index (Phi) is 5.34. The predicted octanol–water partition coefficient (Wildman–Crippen LogP) is 3.68. The maximum atomic E-state index is 6.02. The molecule has 0 aliphatic carbocycles. The van der Waals surface area contributed by atoms with Crippen molar-refractivity contribution in [2.24, 2.45) is 0 Å². The Labute approximate surface area is 131 Å². The molecular weight excluding hydrogens is 342 g/mol. The number of hydrogen-bond acceptors (Lipinski definition) is 4. The van der Waals surface area contributed by atoms with Crippen LogP contribution < -0.4 is 4.90 Å². The van der Waals surface area contributed by atoms with Gasteiger partial charge in [0.2, 0.25) is 0 Å². The van der Waals surface area contributed by atoms with Gasteiger partial charge in [-0.2, -0.15) is 0 Å². The SMILES string of the molecule is COCc1nc(Cl)cc(N(C)Cc2ccccc2Br)n1. The lowest BCUT2D eigenvalue weighted by Gasteiger charge is -2.19. The van der Waals surface area contributed by atoms with Gasteiger partial charge in [0.25, 0.3) is 0 Å². The summed E-state index contributed by atoms with van der Waals surface area (Å²) in [6.07, 6.45) is 0. The van der Waals surface area contributed by atoms with Crippen molar-refractivity contribution in [3.8, 4) is 0 Å². The van der Waals surface area contributed by atoms with Crippen LogP contribution in [0.4, 0.5) is 5.82 Å². The van der Waals surface area contributed by atoms with Crippen LogP contribution >= 0.6 is 27.5 Å². The van der Waals surface area contributed by atoms with E-state index in [1.807, 2.05) is 30.1 Å². The molecule has 0 bridgehead atoms. The van der Waals surface area contributed by atoms with Crippen LogP contribution in [0.5, 0.6) is 0 Å². The van der Waals surface area contributed by atoms with Gasteiger partial charge in [-0.1, -0.05) is 45.7 Å². The maximum Gasteiger partial charge on any atom is 0.158 e. The quantitative estimate of drug-likeness (QED) is 0.766. The van der Waals surface area contributed by atoms with Crippen LogP contribution in [0.3, 0.4) is 0 Å². The van der Waals surface area contributed by atoms with Crippen molar-refractivity contribution in [3.63, 3.8) is 0 Å². The fourth-order valence-corrected chi connectivity index (χ4v) is 2.41. The Morgan fingerprint density at radius 3 is 2.75 bits per heavy atom. The van der Waals surface area contributed by atoms with Gasteiger partial charge >= 0.3 is 0 Å². The number of aromatic nitrogens is 2. The zero-order chi connectivity index (χ0) is 14.5. The van der Waals surface area contributed by atoms with E-state index in [4.69, 9.17) is 16.3 Å². The van der Waals surface area contributed by atoms with E-state index < -0.39 is 0 Å². The number of ether oxygens (including phenoxy) is 1. The molecule has 0 atom stereocenters. The van der Waals surface area contributed by atoms with Crippen molar-refractivity contribution in [1.29, 1.82) is 0 Å². The topological polar surface area (TPSA) is 38.2 Å². The lowest BCUT2D eigenvalue weighted by Crippen LogP contribution is -2.19. The van der Waals surface area contributed by atoms with Gasteiger partial charge in [0.1, 0.15) is 17.6 Å². The molecular formula is C14H15BrClN3O. The molecule has 106 valence electrons. The number of methoxy groups -OCH3 is 1. The molecule has 0 saturated carbocycles. The van der Waals surface area contributed by atoms with E-state index in [2.05, 4.69) is 32.0 Å². The molecule has 20 heavy (non-hydrogen) atoms. The van der Waals surface area contributed by atoms with Gasteiger partial charge in [-0.15, -0.1) is 0 Å². The summed E-state index contributed by atoms with van der Waals surface area (Å²) in [5, 5.41) is 0.418. The molecule has 0 aliphatic rings. The predicted molar refractivity (Wildman–Crippen MR) is 84.0 cm³/mol. The van der Waals surface area contributed by atoms with Crippen LogP contribution in [0.15, 0.2) is 34.8 Å². The number of anilines is 1. The standard InChI is InChI=1S/C14H15BrClN3O/c1-19(8-10-5-3-4-6-11(10)15)14-7-12(16)17-13(18-14)9-20-2/h3-7H,8-9H2,1-2H3. The van der Waals surface area contributed by atoms with E-state index in [-0.39, 0.29) is 0 Å². The summed E-state index contributed by atoms with van der Waals surface area (Å²) in [4.78, 5) is 10.6. The summed E-state index contributed by atoms with van der Waals surface area (Å²) in [7, 11) is 3.57. The summed E-state index contributed by atoms with van der Waals surface area (Å²) in [5.41, 5.74) is 1.18. The Hall–Kier alpha value is -1.17. The minimum atomic E-state index is 0.344. The highest BCUT2D eigenvalue weighted by molar-refractivity contribution is 9.10. The monoisotopic (exact) mass is 355 g/mol. The zero-order valence-electron chi connectivity index (χ0n) is 11.3. The van der Waals surface area contributed by atoms with Crippen molar-refractivity contribution < 1.29 is 4.74 Å². The van der Waals surface area contributed by atoms with Crippen LogP contribution in [-0.2, 0) is 17.9 Å². The molecule has 0 N–H and O–H groups in total. The average molecular weight is 357 g/mol. The first kappa shape index (κ1) is 15.2. The van der Waals surface area contributed by atoms with E-state index >= 15 is 0 Å². The number of nitrogens with zero attached hydrogens (tertiary/aromatic N) is 3. The van der Waals surface area contributed by atoms with Crippen molar-refractivity contribution in [2.45, 2.75) is 13.2 Å². The number of hydrogen-bond donors (Lipinski definition) is 0. The molecule has 1 heterocycles. The largest absolute Gasteiger partial charge is 0.377 e. The number of benzene rings is 1. The molecule has 2 rings (SSSR count). The number of halogens is 2. The van der Waals surface area contributed by atoms with Gasteiger partial charge in [0, 0.05) is 31.2 Å². The van der Waals surface area contributed by atoms with Gasteiger partial charge in [-0.25, -0.2) is 9.97 Å². The van der Waals surface area contributed by atoms with Crippen LogP contribution in [0.1, 0.15) is 11.4 Å². The second-order valence-corrected chi connectivity index (χ2v) is 5.59. The first-order chi connectivity index (χ1) is 9.60. The number of rotatable bonds is 5. The molecule has 2 aromatic rings. The van der Waals surface area contributed by atoms with Crippen LogP contribution in [0, 0.1) is 0 Å². The third-order valence-electron chi connectivity index (χ3n) is 2.76. The van der Waals surface area contributed by atoms with Crippen molar-refractivity contribution >= 4 is 33.3 Å². The van der Waals surface area contributed by atoms with E-state index in [9.17, 15) is 0 Å². The molecule has 0 fully saturated rings. The summed E-state index contributed by atoms with van der Waals surface area (Å²) in [6.45, 7) is 1.07. The lowest BCUT2D eigenvalue weighted by atomic mass is 10.2. The molecule has 0 amide bonds. The molecule has 0 radical (unpaired) electrons. The van der Waals surface area contributed by atoms with Gasteiger partial charge in [0.15, 0.2) is 5.82 Å². The maximum absolute atomic E-state index is 6.02. The second-order valence-electron chi connectivity index (χ2n) is 4.35. The fourth-order valence-electron chi connectivity index (χ4n) is 1.80. The van der Waals surface area contributed by atoms with Crippen LogP contribution in [-0.4, -0.2) is 24.1 Å². The smallest absolute Gasteiger partial charge is 0.158 e. The average Bonchev–Trinajstić information content (AvgIpc) is 2.41. The van der Waals surface area contributed by atoms with Crippen LogP contribution in [0.25, 0.3) is 0 Å². The highest BCUT2D eigenvalue weighted by Crippen LogP contribution is 2.21. The van der Waals surface area contributed by atoms with Crippen molar-refractivity contribution in [1.82, 2.24) is 9.97 Å². The van der Waals surface area contributed by atoms with E-state index in [0.717, 1.165) is 16.8 Å².